The van der Waals surface area contributed by atoms with Gasteiger partial charge in [0.25, 0.3) is 0 Å². The molecule has 130 valence electrons. The van der Waals surface area contributed by atoms with Gasteiger partial charge in [0.15, 0.2) is 0 Å². The Hall–Kier alpha value is -2.36. The average molecular weight is 355 g/mol. The first-order valence-electron chi connectivity index (χ1n) is 8.27. The van der Waals surface area contributed by atoms with Gasteiger partial charge in [-0.25, -0.2) is 0 Å². The number of hydrogen-bond donors (Lipinski definition) is 2. The molecular weight excluding hydrogens is 332 g/mol. The number of fused-ring (bicyclic) bond motifs is 1. The highest BCUT2D eigenvalue weighted by molar-refractivity contribution is 5.85. The molecule has 4 heteroatoms. The van der Waals surface area contributed by atoms with Crippen LogP contribution in [0.2, 0.25) is 0 Å². The smallest absolute Gasteiger partial charge is 0.237 e. The normalized spacial score (nSPS) is 11.6. The van der Waals surface area contributed by atoms with Crippen molar-refractivity contribution in [3.63, 3.8) is 0 Å². The second kappa shape index (κ2) is 9.21. The van der Waals surface area contributed by atoms with Crippen molar-refractivity contribution in [1.82, 2.24) is 5.32 Å². The summed E-state index contributed by atoms with van der Waals surface area (Å²) >= 11 is 0. The summed E-state index contributed by atoms with van der Waals surface area (Å²) in [7, 11) is 0. The summed E-state index contributed by atoms with van der Waals surface area (Å²) in [6, 6.07) is 24.0. The molecule has 0 aliphatic carbocycles. The first-order valence-corrected chi connectivity index (χ1v) is 8.27. The van der Waals surface area contributed by atoms with Gasteiger partial charge in [0.1, 0.15) is 0 Å². The molecular formula is C21H23ClN2O. The number of nitrogens with one attached hydrogen (secondary N) is 1. The highest BCUT2D eigenvalue weighted by Crippen LogP contribution is 2.16. The van der Waals surface area contributed by atoms with Crippen LogP contribution in [-0.4, -0.2) is 18.5 Å². The maximum absolute atomic E-state index is 12.2. The quantitative estimate of drug-likeness (QED) is 0.712. The largest absolute Gasteiger partial charge is 0.354 e. The molecule has 0 saturated carbocycles. The lowest BCUT2D eigenvalue weighted by Crippen LogP contribution is -2.42. The summed E-state index contributed by atoms with van der Waals surface area (Å²) in [5.74, 6) is -0.0981. The van der Waals surface area contributed by atoms with Crippen molar-refractivity contribution in [3.05, 3.63) is 83.9 Å². The molecule has 3 aromatic carbocycles. The molecule has 3 nitrogen and oxygen atoms in total. The van der Waals surface area contributed by atoms with E-state index >= 15 is 0 Å². The Bertz CT molecular complexity index is 820. The lowest BCUT2D eigenvalue weighted by atomic mass is 10.0. The Labute approximate surface area is 154 Å². The fourth-order valence-corrected chi connectivity index (χ4v) is 2.82. The van der Waals surface area contributed by atoms with Crippen molar-refractivity contribution in [3.8, 4) is 0 Å². The molecule has 3 aromatic rings. The fourth-order valence-electron chi connectivity index (χ4n) is 2.82. The van der Waals surface area contributed by atoms with Crippen LogP contribution in [0.25, 0.3) is 10.8 Å². The van der Waals surface area contributed by atoms with Gasteiger partial charge < -0.3 is 11.1 Å². The van der Waals surface area contributed by atoms with Crippen LogP contribution in [0.3, 0.4) is 0 Å². The molecule has 3 rings (SSSR count). The average Bonchev–Trinajstić information content (AvgIpc) is 2.62. The van der Waals surface area contributed by atoms with Crippen LogP contribution in [0.5, 0.6) is 0 Å². The molecule has 3 N–H and O–H groups in total. The maximum atomic E-state index is 12.2. The first kappa shape index (κ1) is 19.0. The van der Waals surface area contributed by atoms with Crippen LogP contribution in [-0.2, 0) is 17.6 Å². The summed E-state index contributed by atoms with van der Waals surface area (Å²) < 4.78 is 0. The number of amides is 1. The van der Waals surface area contributed by atoms with Crippen molar-refractivity contribution in [2.45, 2.75) is 18.9 Å². The molecule has 0 aromatic heterocycles. The van der Waals surface area contributed by atoms with Crippen LogP contribution >= 0.6 is 12.4 Å². The predicted octanol–water partition coefficient (Wildman–Crippen LogP) is 3.49. The summed E-state index contributed by atoms with van der Waals surface area (Å²) in [6.07, 6.45) is 1.36. The molecule has 0 unspecified atom stereocenters. The SMILES string of the molecule is Cl.N[C@@H](Cc1ccc2ccccc2c1)C(=O)NCCc1ccccc1. The van der Waals surface area contributed by atoms with Gasteiger partial charge in [-0.3, -0.25) is 4.79 Å². The second-order valence-electron chi connectivity index (χ2n) is 6.02. The fraction of sp³-hybridized carbons (Fsp3) is 0.190. The molecule has 0 aliphatic rings. The van der Waals surface area contributed by atoms with Crippen molar-refractivity contribution >= 4 is 29.1 Å². The Morgan fingerprint density at radius 1 is 0.880 bits per heavy atom. The van der Waals surface area contributed by atoms with E-state index in [4.69, 9.17) is 5.73 Å². The Kier molecular flexibility index (Phi) is 6.99. The third-order valence-corrected chi connectivity index (χ3v) is 4.16. The predicted molar refractivity (Wildman–Crippen MR) is 106 cm³/mol. The summed E-state index contributed by atoms with van der Waals surface area (Å²) in [4.78, 5) is 12.2. The van der Waals surface area contributed by atoms with Crippen molar-refractivity contribution in [2.75, 3.05) is 6.54 Å². The molecule has 0 heterocycles. The third-order valence-electron chi connectivity index (χ3n) is 4.16. The van der Waals surface area contributed by atoms with Crippen LogP contribution in [0.4, 0.5) is 0 Å². The number of hydrogen-bond acceptors (Lipinski definition) is 2. The van der Waals surface area contributed by atoms with Crippen LogP contribution in [0.1, 0.15) is 11.1 Å². The Balaban J connectivity index is 0.00000225. The third kappa shape index (κ3) is 5.31. The molecule has 1 atom stereocenters. The lowest BCUT2D eigenvalue weighted by molar-refractivity contribution is -0.122. The van der Waals surface area contributed by atoms with E-state index < -0.39 is 6.04 Å². The Morgan fingerprint density at radius 3 is 2.32 bits per heavy atom. The van der Waals surface area contributed by atoms with E-state index in [1.807, 2.05) is 36.4 Å². The van der Waals surface area contributed by atoms with E-state index in [1.165, 1.54) is 16.3 Å². The van der Waals surface area contributed by atoms with E-state index in [0.717, 1.165) is 12.0 Å². The maximum Gasteiger partial charge on any atom is 0.237 e. The molecule has 25 heavy (non-hydrogen) atoms. The molecule has 0 fully saturated rings. The summed E-state index contributed by atoms with van der Waals surface area (Å²) in [5.41, 5.74) is 8.35. The highest BCUT2D eigenvalue weighted by atomic mass is 35.5. The van der Waals surface area contributed by atoms with E-state index in [2.05, 4.69) is 41.7 Å². The monoisotopic (exact) mass is 354 g/mol. The number of carbonyl (C=O) groups is 1. The van der Waals surface area contributed by atoms with Gasteiger partial charge in [0.2, 0.25) is 5.91 Å². The number of halogens is 1. The number of carbonyl (C=O) groups excluding carboxylic acids is 1. The van der Waals surface area contributed by atoms with Crippen LogP contribution < -0.4 is 11.1 Å². The van der Waals surface area contributed by atoms with Gasteiger partial charge in [-0.15, -0.1) is 12.4 Å². The molecule has 0 spiro atoms. The van der Waals surface area contributed by atoms with E-state index in [-0.39, 0.29) is 18.3 Å². The minimum Gasteiger partial charge on any atom is -0.354 e. The zero-order valence-electron chi connectivity index (χ0n) is 14.0. The highest BCUT2D eigenvalue weighted by Gasteiger charge is 2.13. The second-order valence-corrected chi connectivity index (χ2v) is 6.02. The topological polar surface area (TPSA) is 55.1 Å². The van der Waals surface area contributed by atoms with Crippen LogP contribution in [0, 0.1) is 0 Å². The molecule has 1 amide bonds. The van der Waals surface area contributed by atoms with Gasteiger partial charge in [0, 0.05) is 6.54 Å². The van der Waals surface area contributed by atoms with Gasteiger partial charge >= 0.3 is 0 Å². The number of nitrogens with two attached hydrogens (primary N) is 1. The van der Waals surface area contributed by atoms with Gasteiger partial charge in [0.05, 0.1) is 6.04 Å². The van der Waals surface area contributed by atoms with Crippen molar-refractivity contribution in [1.29, 1.82) is 0 Å². The molecule has 0 aliphatic heterocycles. The minimum atomic E-state index is -0.526. The van der Waals surface area contributed by atoms with Gasteiger partial charge in [-0.05, 0) is 34.7 Å². The molecule has 0 radical (unpaired) electrons. The lowest BCUT2D eigenvalue weighted by Gasteiger charge is -2.13. The standard InChI is InChI=1S/C21H22N2O.ClH/c22-20(21(24)23-13-12-16-6-2-1-3-7-16)15-17-10-11-18-8-4-5-9-19(18)14-17;/h1-11,14,20H,12-13,15,22H2,(H,23,24);1H/t20-;/m0./s1. The summed E-state index contributed by atoms with van der Waals surface area (Å²) in [5, 5.41) is 5.29. The molecule has 0 bridgehead atoms. The Morgan fingerprint density at radius 2 is 1.56 bits per heavy atom. The van der Waals surface area contributed by atoms with Gasteiger partial charge in [-0.1, -0.05) is 72.8 Å². The van der Waals surface area contributed by atoms with E-state index in [1.54, 1.807) is 0 Å². The van der Waals surface area contributed by atoms with Gasteiger partial charge in [-0.2, -0.15) is 0 Å². The number of rotatable bonds is 6. The van der Waals surface area contributed by atoms with Crippen molar-refractivity contribution in [2.24, 2.45) is 5.73 Å². The summed E-state index contributed by atoms with van der Waals surface area (Å²) in [6.45, 7) is 0.605. The first-order chi connectivity index (χ1) is 11.7. The molecule has 0 saturated heterocycles. The number of benzene rings is 3. The van der Waals surface area contributed by atoms with Crippen LogP contribution in [0.15, 0.2) is 72.8 Å². The zero-order valence-corrected chi connectivity index (χ0v) is 14.8. The minimum absolute atomic E-state index is 0. The van der Waals surface area contributed by atoms with Crippen molar-refractivity contribution < 1.29 is 4.79 Å². The van der Waals surface area contributed by atoms with E-state index in [9.17, 15) is 4.79 Å². The van der Waals surface area contributed by atoms with E-state index in [0.29, 0.717) is 13.0 Å². The zero-order chi connectivity index (χ0) is 16.8.